The third-order valence-corrected chi connectivity index (χ3v) is 5.05. The van der Waals surface area contributed by atoms with Crippen molar-refractivity contribution in [1.29, 1.82) is 0 Å². The number of halogens is 3. The van der Waals surface area contributed by atoms with Gasteiger partial charge in [-0.25, -0.2) is 14.0 Å². The Balaban J connectivity index is 0.000000258. The summed E-state index contributed by atoms with van der Waals surface area (Å²) in [5, 5.41) is 20.3. The van der Waals surface area contributed by atoms with Crippen LogP contribution in [0.5, 0.6) is 0 Å². The van der Waals surface area contributed by atoms with Crippen molar-refractivity contribution in [3.63, 3.8) is 0 Å². The lowest BCUT2D eigenvalue weighted by Gasteiger charge is -2.11. The van der Waals surface area contributed by atoms with Crippen LogP contribution in [0.2, 0.25) is 5.02 Å². The number of hydrogen-bond donors (Lipinski definition) is 3. The molecule has 168 valence electrons. The van der Waals surface area contributed by atoms with Gasteiger partial charge in [-0.05, 0) is 40.8 Å². The number of hydrogen-bond acceptors (Lipinski definition) is 5. The highest BCUT2D eigenvalue weighted by Gasteiger charge is 2.14. The number of pyridine rings is 2. The lowest BCUT2D eigenvalue weighted by Crippen LogP contribution is -2.19. The van der Waals surface area contributed by atoms with Gasteiger partial charge in [0.1, 0.15) is 5.82 Å². The molecule has 0 atom stereocenters. The predicted molar refractivity (Wildman–Crippen MR) is 125 cm³/mol. The fourth-order valence-electron chi connectivity index (χ4n) is 2.40. The fraction of sp³-hybridized carbons (Fsp3) is 0.100. The molecule has 0 saturated carbocycles. The lowest BCUT2D eigenvalue weighted by molar-refractivity contribution is 0.0685. The van der Waals surface area contributed by atoms with Gasteiger partial charge in [0.05, 0.1) is 27.5 Å². The van der Waals surface area contributed by atoms with Crippen LogP contribution in [0.4, 0.5) is 15.8 Å². The number of carboxylic acids is 2. The van der Waals surface area contributed by atoms with Crippen molar-refractivity contribution in [2.45, 2.75) is 0 Å². The number of carbonyl (C=O) groups is 2. The molecule has 0 unspecified atom stereocenters. The van der Waals surface area contributed by atoms with Crippen LogP contribution in [0.25, 0.3) is 0 Å². The molecule has 0 bridgehead atoms. The van der Waals surface area contributed by atoms with Gasteiger partial charge in [-0.1, -0.05) is 11.6 Å². The summed E-state index contributed by atoms with van der Waals surface area (Å²) in [6.07, 6.45) is 2.38. The Labute approximate surface area is 198 Å². The number of nitrogens with one attached hydrogen (secondary N) is 1. The number of rotatable bonds is 4. The van der Waals surface area contributed by atoms with E-state index in [9.17, 15) is 23.6 Å². The second-order valence-electron chi connectivity index (χ2n) is 6.39. The van der Waals surface area contributed by atoms with E-state index in [1.807, 2.05) is 22.6 Å². The highest BCUT2D eigenvalue weighted by Crippen LogP contribution is 2.23. The molecule has 0 fully saturated rings. The number of carboxylic acid groups (broad SMARTS) is 2. The average Bonchev–Trinajstić information content (AvgIpc) is 2.69. The van der Waals surface area contributed by atoms with Crippen LogP contribution >= 0.6 is 34.2 Å². The summed E-state index contributed by atoms with van der Waals surface area (Å²) < 4.78 is 16.8. The molecule has 3 aromatic rings. The van der Waals surface area contributed by atoms with Gasteiger partial charge in [-0.15, -0.1) is 0 Å². The number of nitrogens with zero attached hydrogens (tertiary/aromatic N) is 2. The maximum Gasteiger partial charge on any atom is 0.339 e. The van der Waals surface area contributed by atoms with Gasteiger partial charge in [-0.2, -0.15) is 0 Å². The fourth-order valence-corrected chi connectivity index (χ4v) is 3.08. The van der Waals surface area contributed by atoms with E-state index in [0.29, 0.717) is 3.57 Å². The van der Waals surface area contributed by atoms with E-state index in [-0.39, 0.29) is 38.6 Å². The topological polar surface area (TPSA) is 131 Å². The molecule has 0 aliphatic rings. The minimum absolute atomic E-state index is 0.0365. The molecule has 2 aromatic heterocycles. The molecular formula is C20H16ClFIN3O6. The van der Waals surface area contributed by atoms with E-state index in [1.165, 1.54) is 38.6 Å². The quantitative estimate of drug-likeness (QED) is 0.407. The highest BCUT2D eigenvalue weighted by molar-refractivity contribution is 14.1. The smallest absolute Gasteiger partial charge is 0.339 e. The predicted octanol–water partition coefficient (Wildman–Crippen LogP) is 3.31. The van der Waals surface area contributed by atoms with Crippen molar-refractivity contribution in [1.82, 2.24) is 9.13 Å². The first-order valence-corrected chi connectivity index (χ1v) is 10.1. The summed E-state index contributed by atoms with van der Waals surface area (Å²) in [5.41, 5.74) is -0.723. The van der Waals surface area contributed by atoms with E-state index < -0.39 is 17.8 Å². The van der Waals surface area contributed by atoms with Gasteiger partial charge in [0.25, 0.3) is 11.1 Å². The number of aryl methyl sites for hydroxylation is 2. The van der Waals surface area contributed by atoms with Crippen molar-refractivity contribution in [2.75, 3.05) is 5.32 Å². The number of benzene rings is 1. The van der Waals surface area contributed by atoms with Gasteiger partial charge in [0, 0.05) is 42.2 Å². The summed E-state index contributed by atoms with van der Waals surface area (Å²) in [4.78, 5) is 44.1. The first-order chi connectivity index (χ1) is 14.9. The first-order valence-electron chi connectivity index (χ1n) is 8.66. The minimum atomic E-state index is -1.20. The zero-order chi connectivity index (χ0) is 24.2. The molecule has 3 N–H and O–H groups in total. The maximum absolute atomic E-state index is 13.8. The number of aromatic nitrogens is 2. The van der Waals surface area contributed by atoms with Crippen LogP contribution in [0, 0.1) is 9.39 Å². The summed E-state index contributed by atoms with van der Waals surface area (Å²) in [6.45, 7) is 0. The van der Waals surface area contributed by atoms with Crippen molar-refractivity contribution >= 4 is 57.5 Å². The van der Waals surface area contributed by atoms with E-state index in [4.69, 9.17) is 21.8 Å². The van der Waals surface area contributed by atoms with Crippen molar-refractivity contribution in [2.24, 2.45) is 14.1 Å². The minimum Gasteiger partial charge on any atom is -0.478 e. The van der Waals surface area contributed by atoms with Crippen molar-refractivity contribution in [3.05, 3.63) is 89.0 Å². The van der Waals surface area contributed by atoms with Crippen LogP contribution in [-0.2, 0) is 14.1 Å². The van der Waals surface area contributed by atoms with Gasteiger partial charge in [-0.3, -0.25) is 9.59 Å². The van der Waals surface area contributed by atoms with Crippen LogP contribution in [0.3, 0.4) is 0 Å². The lowest BCUT2D eigenvalue weighted by atomic mass is 10.2. The molecule has 0 aliphatic carbocycles. The Hall–Kier alpha value is -3.19. The Bertz CT molecular complexity index is 1320. The largest absolute Gasteiger partial charge is 0.478 e. The molecule has 1 aromatic carbocycles. The molecule has 0 spiro atoms. The highest BCUT2D eigenvalue weighted by atomic mass is 127. The van der Waals surface area contributed by atoms with Crippen molar-refractivity contribution < 1.29 is 24.2 Å². The molecule has 0 radical (unpaired) electrons. The SMILES string of the molecule is Cn1cc(C(=O)O)c(Cl)cc1=O.Cn1cc(C(=O)O)c(Nc2ccc(I)cc2F)cc1=O. The molecule has 32 heavy (non-hydrogen) atoms. The first kappa shape index (κ1) is 25.1. The molecule has 0 amide bonds. The molecule has 2 heterocycles. The summed E-state index contributed by atoms with van der Waals surface area (Å²) in [6, 6.07) is 6.67. The number of anilines is 2. The second-order valence-corrected chi connectivity index (χ2v) is 8.05. The van der Waals surface area contributed by atoms with E-state index in [2.05, 4.69) is 5.32 Å². The molecule has 9 nitrogen and oxygen atoms in total. The van der Waals surface area contributed by atoms with Crippen LogP contribution in [0.1, 0.15) is 20.7 Å². The third kappa shape index (κ3) is 6.17. The van der Waals surface area contributed by atoms with Crippen LogP contribution in [0.15, 0.2) is 52.3 Å². The van der Waals surface area contributed by atoms with E-state index in [1.54, 1.807) is 6.07 Å². The molecule has 0 saturated heterocycles. The Morgan fingerprint density at radius 2 is 1.47 bits per heavy atom. The zero-order valence-electron chi connectivity index (χ0n) is 16.6. The summed E-state index contributed by atoms with van der Waals surface area (Å²) >= 11 is 7.47. The normalized spacial score (nSPS) is 10.2. The Morgan fingerprint density at radius 3 is 2.00 bits per heavy atom. The average molecular weight is 576 g/mol. The Morgan fingerprint density at radius 1 is 0.938 bits per heavy atom. The van der Waals surface area contributed by atoms with Crippen molar-refractivity contribution in [3.8, 4) is 0 Å². The van der Waals surface area contributed by atoms with E-state index in [0.717, 1.165) is 21.3 Å². The van der Waals surface area contributed by atoms with E-state index >= 15 is 0 Å². The van der Waals surface area contributed by atoms with Crippen LogP contribution < -0.4 is 16.4 Å². The summed E-state index contributed by atoms with van der Waals surface area (Å²) in [5.74, 6) is -2.86. The third-order valence-electron chi connectivity index (χ3n) is 4.07. The molecule has 12 heteroatoms. The van der Waals surface area contributed by atoms with Crippen LogP contribution in [-0.4, -0.2) is 31.3 Å². The Kier molecular flexibility index (Phi) is 8.16. The molecular weight excluding hydrogens is 560 g/mol. The standard InChI is InChI=1S/C13H10FIN2O3.C7H6ClNO3/c1-17-6-8(13(19)20)11(5-12(17)18)16-10-3-2-7(15)4-9(10)14;1-9-3-4(7(11)12)5(8)2-6(9)10/h2-6,16H,1H3,(H,19,20);2-3H,1H3,(H,11,12). The van der Waals surface area contributed by atoms with Gasteiger partial charge < -0.3 is 24.7 Å². The zero-order valence-corrected chi connectivity index (χ0v) is 19.5. The monoisotopic (exact) mass is 575 g/mol. The van der Waals surface area contributed by atoms with Gasteiger partial charge in [0.15, 0.2) is 0 Å². The summed E-state index contributed by atoms with van der Waals surface area (Å²) in [7, 11) is 2.91. The molecule has 0 aliphatic heterocycles. The van der Waals surface area contributed by atoms with Gasteiger partial charge >= 0.3 is 11.9 Å². The number of aromatic carboxylic acids is 2. The van der Waals surface area contributed by atoms with Gasteiger partial charge in [0.2, 0.25) is 0 Å². The molecule has 3 rings (SSSR count). The second kappa shape index (κ2) is 10.4. The maximum atomic E-state index is 13.8.